The second kappa shape index (κ2) is 35.3. The first-order chi connectivity index (χ1) is 29.6. The number of aliphatic hydroxyl groups excluding tert-OH is 8. The van der Waals surface area contributed by atoms with Gasteiger partial charge >= 0.3 is 0 Å². The fourth-order valence-corrected chi connectivity index (χ4v) is 8.47. The van der Waals surface area contributed by atoms with Crippen molar-refractivity contribution >= 4 is 5.91 Å². The van der Waals surface area contributed by atoms with E-state index in [-0.39, 0.29) is 12.5 Å². The van der Waals surface area contributed by atoms with Gasteiger partial charge in [0.25, 0.3) is 0 Å². The molecular weight excluding hydrogens is 787 g/mol. The number of hydrogen-bond donors (Lipinski definition) is 9. The molecule has 1 amide bonds. The SMILES string of the molecule is CCCCCCCCCCCCCCCCCCCC(=O)N[C@@H](CO[C@@H]1O[C@H](CO)[C@@H](O[C@@H]2O[C@H](CO)[C@H](O)C(O)C2O)C(O)C1O)[C@H](O)CCCCCCCCCCCC. The molecule has 12 atom stereocenters. The number of aliphatic hydroxyl groups is 8. The summed E-state index contributed by atoms with van der Waals surface area (Å²) in [7, 11) is 0. The van der Waals surface area contributed by atoms with Gasteiger partial charge in [-0.05, 0) is 12.8 Å². The van der Waals surface area contributed by atoms with Crippen LogP contribution in [0.2, 0.25) is 0 Å². The lowest BCUT2D eigenvalue weighted by molar-refractivity contribution is -0.359. The van der Waals surface area contributed by atoms with Gasteiger partial charge in [0.2, 0.25) is 5.91 Å². The fraction of sp³-hybridized carbons (Fsp3) is 0.979. The summed E-state index contributed by atoms with van der Waals surface area (Å²) in [5, 5.41) is 86.7. The van der Waals surface area contributed by atoms with Crippen LogP contribution in [0.4, 0.5) is 0 Å². The molecule has 2 fully saturated rings. The van der Waals surface area contributed by atoms with Crippen molar-refractivity contribution in [2.75, 3.05) is 19.8 Å². The molecule has 0 aliphatic carbocycles. The second-order valence-corrected chi connectivity index (χ2v) is 18.0. The van der Waals surface area contributed by atoms with E-state index in [1.807, 2.05) is 0 Å². The minimum Gasteiger partial charge on any atom is -0.394 e. The van der Waals surface area contributed by atoms with E-state index in [4.69, 9.17) is 18.9 Å². The number of carbonyl (C=O) groups is 1. The Balaban J connectivity index is 1.81. The standard InChI is InChI=1S/C47H91NO13/c1-3-5-7-9-11-13-15-16-17-18-19-20-21-23-25-27-29-31-39(52)48-35(36(51)30-28-26-24-22-14-12-10-8-6-4-2)34-58-46-44(57)42(55)45(38(33-50)60-46)61-47-43(56)41(54)40(53)37(32-49)59-47/h35-38,40-47,49-51,53-57H,3-34H2,1-2H3,(H,48,52)/t35-,36+,37+,38+,40-,41?,42?,43?,44?,45+,46+,47-/m0/s1. The molecule has 0 aromatic rings. The Morgan fingerprint density at radius 2 is 0.934 bits per heavy atom. The third-order valence-corrected chi connectivity index (χ3v) is 12.6. The average molecular weight is 878 g/mol. The van der Waals surface area contributed by atoms with Crippen LogP contribution in [0.5, 0.6) is 0 Å². The van der Waals surface area contributed by atoms with E-state index in [2.05, 4.69) is 19.2 Å². The van der Waals surface area contributed by atoms with Crippen LogP contribution in [0, 0.1) is 0 Å². The van der Waals surface area contributed by atoms with Gasteiger partial charge < -0.3 is 65.1 Å². The molecule has 2 aliphatic rings. The summed E-state index contributed by atoms with van der Waals surface area (Å²) < 4.78 is 22.7. The number of hydrogen-bond acceptors (Lipinski definition) is 13. The molecule has 9 N–H and O–H groups in total. The fourth-order valence-electron chi connectivity index (χ4n) is 8.47. The summed E-state index contributed by atoms with van der Waals surface area (Å²) in [6.45, 7) is 2.84. The topological polar surface area (TPSA) is 228 Å². The summed E-state index contributed by atoms with van der Waals surface area (Å²) in [6.07, 6.45) is 16.8. The van der Waals surface area contributed by atoms with Gasteiger partial charge in [0.15, 0.2) is 12.6 Å². The zero-order valence-corrected chi connectivity index (χ0v) is 38.2. The second-order valence-electron chi connectivity index (χ2n) is 18.0. The van der Waals surface area contributed by atoms with Crippen LogP contribution in [0.3, 0.4) is 0 Å². The molecule has 0 saturated carbocycles. The highest BCUT2D eigenvalue weighted by Crippen LogP contribution is 2.30. The third-order valence-electron chi connectivity index (χ3n) is 12.6. The van der Waals surface area contributed by atoms with Gasteiger partial charge in [0.05, 0.1) is 32.0 Å². The first kappa shape index (κ1) is 56.1. The molecule has 0 bridgehead atoms. The monoisotopic (exact) mass is 878 g/mol. The Labute approximate surface area is 368 Å². The van der Waals surface area contributed by atoms with Crippen LogP contribution in [0.1, 0.15) is 200 Å². The first-order valence-electron chi connectivity index (χ1n) is 24.8. The van der Waals surface area contributed by atoms with E-state index in [1.165, 1.54) is 122 Å². The third kappa shape index (κ3) is 23.1. The van der Waals surface area contributed by atoms with Gasteiger partial charge in [0.1, 0.15) is 48.8 Å². The van der Waals surface area contributed by atoms with E-state index in [0.717, 1.165) is 51.4 Å². The van der Waals surface area contributed by atoms with Crippen molar-refractivity contribution in [1.82, 2.24) is 5.32 Å². The Morgan fingerprint density at radius 3 is 1.39 bits per heavy atom. The van der Waals surface area contributed by atoms with Gasteiger partial charge in [-0.25, -0.2) is 0 Å². The maximum atomic E-state index is 13.1. The van der Waals surface area contributed by atoms with Crippen molar-refractivity contribution in [3.63, 3.8) is 0 Å². The highest BCUT2D eigenvalue weighted by Gasteiger charge is 2.51. The molecule has 0 aromatic carbocycles. The van der Waals surface area contributed by atoms with Crippen molar-refractivity contribution in [1.29, 1.82) is 0 Å². The van der Waals surface area contributed by atoms with Crippen LogP contribution >= 0.6 is 0 Å². The van der Waals surface area contributed by atoms with Gasteiger partial charge in [-0.3, -0.25) is 4.79 Å². The molecule has 362 valence electrons. The van der Waals surface area contributed by atoms with Crippen LogP contribution in [0.25, 0.3) is 0 Å². The van der Waals surface area contributed by atoms with Crippen LogP contribution in [-0.4, -0.2) is 140 Å². The van der Waals surface area contributed by atoms with Gasteiger partial charge in [-0.15, -0.1) is 0 Å². The Morgan fingerprint density at radius 1 is 0.525 bits per heavy atom. The normalized spacial score (nSPS) is 27.9. The quantitative estimate of drug-likeness (QED) is 0.0334. The summed E-state index contributed by atoms with van der Waals surface area (Å²) in [5.41, 5.74) is 0. The van der Waals surface area contributed by atoms with Crippen LogP contribution in [-0.2, 0) is 23.7 Å². The molecule has 2 aliphatic heterocycles. The molecule has 0 aromatic heterocycles. The predicted molar refractivity (Wildman–Crippen MR) is 236 cm³/mol. The highest BCUT2D eigenvalue weighted by molar-refractivity contribution is 5.76. The van der Waals surface area contributed by atoms with Gasteiger partial charge in [0, 0.05) is 6.42 Å². The molecule has 0 radical (unpaired) electrons. The number of carbonyl (C=O) groups excluding carboxylic acids is 1. The minimum atomic E-state index is -1.78. The average Bonchev–Trinajstić information content (AvgIpc) is 3.26. The lowest BCUT2D eigenvalue weighted by Gasteiger charge is -2.46. The number of rotatable bonds is 38. The molecule has 14 heteroatoms. The summed E-state index contributed by atoms with van der Waals surface area (Å²) in [6, 6.07) is -0.819. The smallest absolute Gasteiger partial charge is 0.220 e. The molecule has 4 unspecified atom stereocenters. The van der Waals surface area contributed by atoms with Gasteiger partial charge in [-0.1, -0.05) is 181 Å². The minimum absolute atomic E-state index is 0.206. The number of unbranched alkanes of at least 4 members (excludes halogenated alkanes) is 25. The predicted octanol–water partition coefficient (Wildman–Crippen LogP) is 5.83. The Hall–Kier alpha value is -1.01. The number of nitrogens with one attached hydrogen (secondary N) is 1. The largest absolute Gasteiger partial charge is 0.394 e. The van der Waals surface area contributed by atoms with Gasteiger partial charge in [-0.2, -0.15) is 0 Å². The summed E-state index contributed by atoms with van der Waals surface area (Å²) >= 11 is 0. The van der Waals surface area contributed by atoms with Crippen molar-refractivity contribution in [2.24, 2.45) is 0 Å². The van der Waals surface area contributed by atoms with E-state index in [9.17, 15) is 45.6 Å². The van der Waals surface area contributed by atoms with E-state index >= 15 is 0 Å². The van der Waals surface area contributed by atoms with Crippen LogP contribution < -0.4 is 5.32 Å². The van der Waals surface area contributed by atoms with Crippen molar-refractivity contribution in [2.45, 2.75) is 274 Å². The number of ether oxygens (including phenoxy) is 4. The molecular formula is C47H91NO13. The maximum Gasteiger partial charge on any atom is 0.220 e. The maximum absolute atomic E-state index is 13.1. The zero-order valence-electron chi connectivity index (χ0n) is 38.2. The summed E-state index contributed by atoms with van der Waals surface area (Å²) in [5.74, 6) is -0.206. The molecule has 2 saturated heterocycles. The Bertz CT molecular complexity index is 1040. The lowest BCUT2D eigenvalue weighted by Crippen LogP contribution is -2.65. The molecule has 14 nitrogen and oxygen atoms in total. The van der Waals surface area contributed by atoms with Crippen molar-refractivity contribution in [3.05, 3.63) is 0 Å². The first-order valence-corrected chi connectivity index (χ1v) is 24.8. The van der Waals surface area contributed by atoms with Crippen molar-refractivity contribution < 1.29 is 64.6 Å². The molecule has 2 heterocycles. The lowest BCUT2D eigenvalue weighted by atomic mass is 9.97. The van der Waals surface area contributed by atoms with Crippen molar-refractivity contribution in [3.8, 4) is 0 Å². The number of amides is 1. The van der Waals surface area contributed by atoms with E-state index in [0.29, 0.717) is 12.8 Å². The molecule has 0 spiro atoms. The highest BCUT2D eigenvalue weighted by atomic mass is 16.7. The summed E-state index contributed by atoms with van der Waals surface area (Å²) in [4.78, 5) is 13.1. The van der Waals surface area contributed by atoms with Crippen LogP contribution in [0.15, 0.2) is 0 Å². The van der Waals surface area contributed by atoms with E-state index < -0.39 is 86.8 Å². The Kier molecular flexibility index (Phi) is 32.5. The zero-order chi connectivity index (χ0) is 44.7. The van der Waals surface area contributed by atoms with E-state index in [1.54, 1.807) is 0 Å². The molecule has 61 heavy (non-hydrogen) atoms. The molecule has 2 rings (SSSR count).